The van der Waals surface area contributed by atoms with Gasteiger partial charge in [0.15, 0.2) is 11.5 Å². The number of aryl methyl sites for hydroxylation is 1. The summed E-state index contributed by atoms with van der Waals surface area (Å²) in [4.78, 5) is 0. The second-order valence-electron chi connectivity index (χ2n) is 3.88. The molecule has 16 heavy (non-hydrogen) atoms. The molecule has 84 valence electrons. The van der Waals surface area contributed by atoms with Crippen molar-refractivity contribution in [3.05, 3.63) is 48.1 Å². The molecule has 0 fully saturated rings. The van der Waals surface area contributed by atoms with Crippen LogP contribution in [-0.4, -0.2) is 6.79 Å². The monoisotopic (exact) mass is 216 g/mol. The summed E-state index contributed by atoms with van der Waals surface area (Å²) in [7, 11) is 0. The summed E-state index contributed by atoms with van der Waals surface area (Å²) in [5.41, 5.74) is 2.50. The standard InChI is InChI=1S/C14H16O2/c1-3-11(2)5-4-6-12-7-8-13-14(9-12)16-10-15-13/h3,5,7-9H,1,4,6,10H2,2H3/b11-5+. The average Bonchev–Trinajstić information content (AvgIpc) is 2.76. The molecule has 0 amide bonds. The zero-order chi connectivity index (χ0) is 11.4. The number of rotatable bonds is 4. The molecule has 1 aromatic rings. The lowest BCUT2D eigenvalue weighted by Crippen LogP contribution is -1.92. The minimum absolute atomic E-state index is 0.342. The van der Waals surface area contributed by atoms with Crippen LogP contribution >= 0.6 is 0 Å². The van der Waals surface area contributed by atoms with E-state index >= 15 is 0 Å². The molecule has 1 aromatic carbocycles. The highest BCUT2D eigenvalue weighted by atomic mass is 16.7. The molecule has 0 saturated heterocycles. The van der Waals surface area contributed by atoms with E-state index in [2.05, 4.69) is 31.7 Å². The van der Waals surface area contributed by atoms with Crippen molar-refractivity contribution in [1.29, 1.82) is 0 Å². The van der Waals surface area contributed by atoms with Crippen LogP contribution in [0, 0.1) is 0 Å². The molecule has 1 aliphatic heterocycles. The summed E-state index contributed by atoms with van der Waals surface area (Å²) in [6.45, 7) is 6.13. The van der Waals surface area contributed by atoms with Gasteiger partial charge in [-0.3, -0.25) is 0 Å². The number of benzene rings is 1. The molecule has 0 atom stereocenters. The van der Waals surface area contributed by atoms with E-state index in [0.717, 1.165) is 24.3 Å². The van der Waals surface area contributed by atoms with Gasteiger partial charge in [0.25, 0.3) is 0 Å². The first-order valence-electron chi connectivity index (χ1n) is 5.47. The van der Waals surface area contributed by atoms with Crippen LogP contribution in [0.3, 0.4) is 0 Å². The summed E-state index contributed by atoms with van der Waals surface area (Å²) in [6, 6.07) is 6.12. The molecule has 0 radical (unpaired) electrons. The molecule has 0 unspecified atom stereocenters. The first-order valence-corrected chi connectivity index (χ1v) is 5.47. The van der Waals surface area contributed by atoms with Crippen LogP contribution < -0.4 is 9.47 Å². The van der Waals surface area contributed by atoms with Crippen molar-refractivity contribution >= 4 is 0 Å². The molecule has 0 saturated carbocycles. The summed E-state index contributed by atoms with van der Waals surface area (Å²) in [5.74, 6) is 1.71. The summed E-state index contributed by atoms with van der Waals surface area (Å²) >= 11 is 0. The second-order valence-corrected chi connectivity index (χ2v) is 3.88. The number of ether oxygens (including phenoxy) is 2. The Bertz CT molecular complexity index is 419. The lowest BCUT2D eigenvalue weighted by atomic mass is 10.1. The van der Waals surface area contributed by atoms with Gasteiger partial charge in [-0.05, 0) is 37.5 Å². The zero-order valence-corrected chi connectivity index (χ0v) is 9.53. The van der Waals surface area contributed by atoms with Crippen molar-refractivity contribution < 1.29 is 9.47 Å². The summed E-state index contributed by atoms with van der Waals surface area (Å²) in [5, 5.41) is 0. The maximum Gasteiger partial charge on any atom is 0.231 e. The SMILES string of the molecule is C=C/C(C)=C/CCc1ccc2c(c1)OCO2. The van der Waals surface area contributed by atoms with Gasteiger partial charge < -0.3 is 9.47 Å². The maximum absolute atomic E-state index is 5.33. The van der Waals surface area contributed by atoms with E-state index in [4.69, 9.17) is 9.47 Å². The van der Waals surface area contributed by atoms with Crippen LogP contribution in [0.25, 0.3) is 0 Å². The molecular weight excluding hydrogens is 200 g/mol. The normalized spacial score (nSPS) is 13.9. The van der Waals surface area contributed by atoms with Crippen molar-refractivity contribution in [2.45, 2.75) is 19.8 Å². The Hall–Kier alpha value is -1.70. The van der Waals surface area contributed by atoms with Gasteiger partial charge in [0, 0.05) is 0 Å². The van der Waals surface area contributed by atoms with Crippen LogP contribution in [-0.2, 0) is 6.42 Å². The summed E-state index contributed by atoms with van der Waals surface area (Å²) < 4.78 is 10.6. The highest BCUT2D eigenvalue weighted by molar-refractivity contribution is 5.44. The quantitative estimate of drug-likeness (QED) is 0.717. The Morgan fingerprint density at radius 2 is 2.19 bits per heavy atom. The topological polar surface area (TPSA) is 18.5 Å². The van der Waals surface area contributed by atoms with Crippen LogP contribution in [0.2, 0.25) is 0 Å². The fourth-order valence-corrected chi connectivity index (χ4v) is 1.65. The lowest BCUT2D eigenvalue weighted by molar-refractivity contribution is 0.174. The van der Waals surface area contributed by atoms with E-state index in [1.165, 1.54) is 11.1 Å². The fourth-order valence-electron chi connectivity index (χ4n) is 1.65. The molecular formula is C14H16O2. The van der Waals surface area contributed by atoms with Crippen molar-refractivity contribution in [2.75, 3.05) is 6.79 Å². The Balaban J connectivity index is 1.98. The van der Waals surface area contributed by atoms with E-state index in [1.54, 1.807) is 0 Å². The third-order valence-corrected chi connectivity index (χ3v) is 2.66. The average molecular weight is 216 g/mol. The molecule has 0 aromatic heterocycles. The molecule has 1 aliphatic rings. The van der Waals surface area contributed by atoms with Gasteiger partial charge in [-0.1, -0.05) is 30.4 Å². The lowest BCUT2D eigenvalue weighted by Gasteiger charge is -2.01. The molecule has 0 bridgehead atoms. The first kappa shape index (κ1) is 10.8. The molecule has 2 rings (SSSR count). The molecule has 0 spiro atoms. The number of hydrogen-bond donors (Lipinski definition) is 0. The van der Waals surface area contributed by atoms with Crippen LogP contribution in [0.1, 0.15) is 18.9 Å². The second kappa shape index (κ2) is 4.88. The van der Waals surface area contributed by atoms with Crippen LogP contribution in [0.5, 0.6) is 11.5 Å². The summed E-state index contributed by atoms with van der Waals surface area (Å²) in [6.07, 6.45) is 6.11. The van der Waals surface area contributed by atoms with Gasteiger partial charge in [-0.2, -0.15) is 0 Å². The van der Waals surface area contributed by atoms with Gasteiger partial charge in [0.05, 0.1) is 0 Å². The van der Waals surface area contributed by atoms with Gasteiger partial charge in [-0.15, -0.1) is 0 Å². The Morgan fingerprint density at radius 3 is 3.00 bits per heavy atom. The van der Waals surface area contributed by atoms with Crippen molar-refractivity contribution in [1.82, 2.24) is 0 Å². The smallest absolute Gasteiger partial charge is 0.231 e. The predicted molar refractivity (Wildman–Crippen MR) is 64.8 cm³/mol. The number of allylic oxidation sites excluding steroid dienone is 3. The third-order valence-electron chi connectivity index (χ3n) is 2.66. The van der Waals surface area contributed by atoms with E-state index in [1.807, 2.05) is 12.1 Å². The molecule has 1 heterocycles. The fraction of sp³-hybridized carbons (Fsp3) is 0.286. The van der Waals surface area contributed by atoms with Gasteiger partial charge in [0.2, 0.25) is 6.79 Å². The maximum atomic E-state index is 5.33. The van der Waals surface area contributed by atoms with Crippen molar-refractivity contribution in [3.8, 4) is 11.5 Å². The predicted octanol–water partition coefficient (Wildman–Crippen LogP) is 3.48. The van der Waals surface area contributed by atoms with E-state index in [0.29, 0.717) is 6.79 Å². The number of hydrogen-bond acceptors (Lipinski definition) is 2. The highest BCUT2D eigenvalue weighted by Gasteiger charge is 2.12. The molecule has 0 N–H and O–H groups in total. The van der Waals surface area contributed by atoms with Crippen LogP contribution in [0.4, 0.5) is 0 Å². The van der Waals surface area contributed by atoms with E-state index < -0.39 is 0 Å². The van der Waals surface area contributed by atoms with Crippen molar-refractivity contribution in [3.63, 3.8) is 0 Å². The molecule has 0 aliphatic carbocycles. The van der Waals surface area contributed by atoms with Gasteiger partial charge in [0.1, 0.15) is 0 Å². The third kappa shape index (κ3) is 2.45. The van der Waals surface area contributed by atoms with E-state index in [-0.39, 0.29) is 0 Å². The molecule has 2 nitrogen and oxygen atoms in total. The van der Waals surface area contributed by atoms with Gasteiger partial charge in [-0.25, -0.2) is 0 Å². The number of fused-ring (bicyclic) bond motifs is 1. The highest BCUT2D eigenvalue weighted by Crippen LogP contribution is 2.32. The Kier molecular flexibility index (Phi) is 3.30. The minimum Gasteiger partial charge on any atom is -0.454 e. The first-order chi connectivity index (χ1) is 7.79. The zero-order valence-electron chi connectivity index (χ0n) is 9.53. The molecule has 2 heteroatoms. The Labute approximate surface area is 96.2 Å². The minimum atomic E-state index is 0.342. The van der Waals surface area contributed by atoms with Gasteiger partial charge >= 0.3 is 0 Å². The van der Waals surface area contributed by atoms with E-state index in [9.17, 15) is 0 Å². The Morgan fingerprint density at radius 1 is 1.38 bits per heavy atom. The van der Waals surface area contributed by atoms with Crippen LogP contribution in [0.15, 0.2) is 42.5 Å². The van der Waals surface area contributed by atoms with Crippen molar-refractivity contribution in [2.24, 2.45) is 0 Å². The largest absolute Gasteiger partial charge is 0.454 e.